The molecule has 1 aliphatic rings. The molecule has 0 atom stereocenters. The van der Waals surface area contributed by atoms with E-state index >= 15 is 0 Å². The molecule has 0 unspecified atom stereocenters. The maximum absolute atomic E-state index is 12.7. The van der Waals surface area contributed by atoms with Crippen molar-refractivity contribution < 1.29 is 17.9 Å². The minimum atomic E-state index is -4.33. The van der Waals surface area contributed by atoms with Crippen molar-refractivity contribution in [1.82, 2.24) is 10.6 Å². The van der Waals surface area contributed by atoms with Crippen LogP contribution in [0, 0.1) is 5.92 Å². The van der Waals surface area contributed by atoms with Crippen LogP contribution in [0.4, 0.5) is 13.2 Å². The highest BCUT2D eigenvalue weighted by molar-refractivity contribution is 5.79. The molecule has 1 aromatic rings. The van der Waals surface area contributed by atoms with E-state index in [1.54, 1.807) is 6.07 Å². The summed E-state index contributed by atoms with van der Waals surface area (Å²) < 4.78 is 43.8. The van der Waals surface area contributed by atoms with Gasteiger partial charge >= 0.3 is 6.18 Å². The van der Waals surface area contributed by atoms with E-state index in [2.05, 4.69) is 15.6 Å². The topological polar surface area (TPSA) is 45.7 Å². The van der Waals surface area contributed by atoms with Gasteiger partial charge < -0.3 is 15.4 Å². The van der Waals surface area contributed by atoms with Crippen LogP contribution < -0.4 is 10.6 Å². The number of ether oxygens (including phenoxy) is 1. The Morgan fingerprint density at radius 1 is 1.28 bits per heavy atom. The molecule has 0 aromatic heterocycles. The predicted molar refractivity (Wildman–Crippen MR) is 92.4 cm³/mol. The highest BCUT2D eigenvalue weighted by atomic mass is 19.4. The van der Waals surface area contributed by atoms with Gasteiger partial charge in [-0.3, -0.25) is 0 Å². The molecule has 0 spiro atoms. The summed E-state index contributed by atoms with van der Waals surface area (Å²) in [7, 11) is 0. The SMILES string of the molecule is CCNC(=NCc1cccc(C(F)(F)F)c1)NCCCOCC1CC1. The van der Waals surface area contributed by atoms with Crippen LogP contribution >= 0.6 is 0 Å². The van der Waals surface area contributed by atoms with E-state index in [1.807, 2.05) is 6.92 Å². The Morgan fingerprint density at radius 3 is 2.76 bits per heavy atom. The second-order valence-electron chi connectivity index (χ2n) is 6.19. The van der Waals surface area contributed by atoms with Gasteiger partial charge in [0.15, 0.2) is 5.96 Å². The van der Waals surface area contributed by atoms with Crippen LogP contribution in [-0.2, 0) is 17.5 Å². The van der Waals surface area contributed by atoms with Gasteiger partial charge in [0, 0.05) is 26.3 Å². The first-order valence-electron chi connectivity index (χ1n) is 8.75. The molecule has 0 radical (unpaired) electrons. The molecule has 2 rings (SSSR count). The molecule has 0 heterocycles. The van der Waals surface area contributed by atoms with Gasteiger partial charge in [0.25, 0.3) is 0 Å². The lowest BCUT2D eigenvalue weighted by Gasteiger charge is -2.12. The molecular weight excluding hydrogens is 331 g/mol. The third-order valence-electron chi connectivity index (χ3n) is 3.83. The van der Waals surface area contributed by atoms with E-state index in [-0.39, 0.29) is 6.54 Å². The van der Waals surface area contributed by atoms with E-state index in [0.717, 1.165) is 31.1 Å². The molecule has 0 amide bonds. The predicted octanol–water partition coefficient (Wildman–Crippen LogP) is 3.58. The highest BCUT2D eigenvalue weighted by Crippen LogP contribution is 2.29. The van der Waals surface area contributed by atoms with Crippen LogP contribution in [0.2, 0.25) is 0 Å². The molecule has 140 valence electrons. The average Bonchev–Trinajstić information content (AvgIpc) is 3.39. The zero-order valence-corrected chi connectivity index (χ0v) is 14.5. The number of alkyl halides is 3. The van der Waals surface area contributed by atoms with Gasteiger partial charge in [-0.2, -0.15) is 13.2 Å². The monoisotopic (exact) mass is 357 g/mol. The molecule has 0 saturated heterocycles. The minimum Gasteiger partial charge on any atom is -0.381 e. The van der Waals surface area contributed by atoms with Crippen molar-refractivity contribution >= 4 is 5.96 Å². The number of guanidine groups is 1. The molecule has 0 bridgehead atoms. The first-order valence-corrected chi connectivity index (χ1v) is 8.75. The maximum atomic E-state index is 12.7. The van der Waals surface area contributed by atoms with E-state index < -0.39 is 11.7 Å². The van der Waals surface area contributed by atoms with Gasteiger partial charge in [-0.05, 0) is 49.8 Å². The van der Waals surface area contributed by atoms with Gasteiger partial charge in [-0.25, -0.2) is 4.99 Å². The number of aliphatic imine (C=N–C) groups is 1. The summed E-state index contributed by atoms with van der Waals surface area (Å²) in [6.07, 6.45) is -0.903. The minimum absolute atomic E-state index is 0.192. The lowest BCUT2D eigenvalue weighted by Crippen LogP contribution is -2.38. The number of hydrogen-bond acceptors (Lipinski definition) is 2. The fourth-order valence-corrected chi connectivity index (χ4v) is 2.27. The van der Waals surface area contributed by atoms with Crippen molar-refractivity contribution in [3.8, 4) is 0 Å². The van der Waals surface area contributed by atoms with Crippen LogP contribution in [0.1, 0.15) is 37.3 Å². The van der Waals surface area contributed by atoms with Crippen LogP contribution in [0.25, 0.3) is 0 Å². The van der Waals surface area contributed by atoms with Crippen molar-refractivity contribution in [2.24, 2.45) is 10.9 Å². The Bertz CT molecular complexity index is 557. The zero-order chi connectivity index (χ0) is 18.1. The summed E-state index contributed by atoms with van der Waals surface area (Å²) in [4.78, 5) is 4.35. The van der Waals surface area contributed by atoms with Gasteiger partial charge in [0.1, 0.15) is 0 Å². The molecule has 7 heteroatoms. The summed E-state index contributed by atoms with van der Waals surface area (Å²) in [5, 5.41) is 6.27. The first kappa shape index (κ1) is 19.6. The third-order valence-corrected chi connectivity index (χ3v) is 3.83. The van der Waals surface area contributed by atoms with E-state index in [0.29, 0.717) is 31.2 Å². The third kappa shape index (κ3) is 7.77. The number of benzene rings is 1. The second kappa shape index (κ2) is 9.65. The summed E-state index contributed by atoms with van der Waals surface area (Å²) in [5.41, 5.74) is -0.120. The smallest absolute Gasteiger partial charge is 0.381 e. The molecule has 25 heavy (non-hydrogen) atoms. The largest absolute Gasteiger partial charge is 0.416 e. The number of nitrogens with one attached hydrogen (secondary N) is 2. The van der Waals surface area contributed by atoms with Gasteiger partial charge in [0.05, 0.1) is 12.1 Å². The normalized spacial score (nSPS) is 15.3. The zero-order valence-electron chi connectivity index (χ0n) is 14.5. The Balaban J connectivity index is 1.77. The summed E-state index contributed by atoms with van der Waals surface area (Å²) in [6.45, 7) is 5.09. The van der Waals surface area contributed by atoms with Crippen molar-refractivity contribution in [3.63, 3.8) is 0 Å². The molecule has 0 aliphatic heterocycles. The first-order chi connectivity index (χ1) is 12.0. The Morgan fingerprint density at radius 2 is 2.08 bits per heavy atom. The Kier molecular flexibility index (Phi) is 7.55. The fraction of sp³-hybridized carbons (Fsp3) is 0.611. The van der Waals surface area contributed by atoms with Crippen molar-refractivity contribution in [2.45, 2.75) is 38.9 Å². The van der Waals surface area contributed by atoms with Crippen LogP contribution in [0.5, 0.6) is 0 Å². The second-order valence-corrected chi connectivity index (χ2v) is 6.19. The quantitative estimate of drug-likeness (QED) is 0.403. The van der Waals surface area contributed by atoms with E-state index in [4.69, 9.17) is 4.74 Å². The lowest BCUT2D eigenvalue weighted by molar-refractivity contribution is -0.137. The van der Waals surface area contributed by atoms with Crippen molar-refractivity contribution in [3.05, 3.63) is 35.4 Å². The molecular formula is C18H26F3N3O. The van der Waals surface area contributed by atoms with Crippen LogP contribution in [-0.4, -0.2) is 32.3 Å². The molecule has 1 aromatic carbocycles. The summed E-state index contributed by atoms with van der Waals surface area (Å²) in [6, 6.07) is 5.26. The van der Waals surface area contributed by atoms with Crippen LogP contribution in [0.15, 0.2) is 29.3 Å². The van der Waals surface area contributed by atoms with Crippen molar-refractivity contribution in [1.29, 1.82) is 0 Å². The summed E-state index contributed by atoms with van der Waals surface area (Å²) >= 11 is 0. The van der Waals surface area contributed by atoms with Crippen molar-refractivity contribution in [2.75, 3.05) is 26.3 Å². The maximum Gasteiger partial charge on any atom is 0.416 e. The summed E-state index contributed by atoms with van der Waals surface area (Å²) in [5.74, 6) is 1.36. The molecule has 4 nitrogen and oxygen atoms in total. The molecule has 1 saturated carbocycles. The number of hydrogen-bond donors (Lipinski definition) is 2. The lowest BCUT2D eigenvalue weighted by atomic mass is 10.1. The number of nitrogens with zero attached hydrogens (tertiary/aromatic N) is 1. The number of halogens is 3. The molecule has 2 N–H and O–H groups in total. The van der Waals surface area contributed by atoms with Gasteiger partial charge in [-0.15, -0.1) is 0 Å². The molecule has 1 aliphatic carbocycles. The van der Waals surface area contributed by atoms with E-state index in [9.17, 15) is 13.2 Å². The van der Waals surface area contributed by atoms with Crippen LogP contribution in [0.3, 0.4) is 0 Å². The van der Waals surface area contributed by atoms with Gasteiger partial charge in [0.2, 0.25) is 0 Å². The molecule has 1 fully saturated rings. The Labute approximate surface area is 146 Å². The fourth-order valence-electron chi connectivity index (χ4n) is 2.27. The number of rotatable bonds is 9. The van der Waals surface area contributed by atoms with Gasteiger partial charge in [-0.1, -0.05) is 12.1 Å². The highest BCUT2D eigenvalue weighted by Gasteiger charge is 2.30. The average molecular weight is 357 g/mol. The Hall–Kier alpha value is -1.76. The van der Waals surface area contributed by atoms with E-state index in [1.165, 1.54) is 18.9 Å². The standard InChI is InChI=1S/C18H26F3N3O/c1-2-22-17(23-9-4-10-25-13-14-7-8-14)24-12-15-5-3-6-16(11-15)18(19,20)21/h3,5-6,11,14H,2,4,7-10,12-13H2,1H3,(H2,22,23,24).